The van der Waals surface area contributed by atoms with Crippen LogP contribution >= 0.6 is 11.6 Å². The van der Waals surface area contributed by atoms with Crippen molar-refractivity contribution < 1.29 is 4.92 Å². The smallest absolute Gasteiger partial charge is 0.295 e. The lowest BCUT2D eigenvalue weighted by Crippen LogP contribution is -2.07. The summed E-state index contributed by atoms with van der Waals surface area (Å²) in [7, 11) is 0. The van der Waals surface area contributed by atoms with Crippen LogP contribution in [-0.4, -0.2) is 20.8 Å². The molecule has 2 N–H and O–H groups in total. The molecule has 0 saturated heterocycles. The third kappa shape index (κ3) is 3.25. The number of aromatic amines is 1. The van der Waals surface area contributed by atoms with Crippen molar-refractivity contribution in [2.24, 2.45) is 4.99 Å². The summed E-state index contributed by atoms with van der Waals surface area (Å²) in [6.45, 7) is 2.02. The Morgan fingerprint density at radius 1 is 1.06 bits per heavy atom. The van der Waals surface area contributed by atoms with E-state index >= 15 is 0 Å². The lowest BCUT2D eigenvalue weighted by atomic mass is 9.97. The summed E-state index contributed by atoms with van der Waals surface area (Å²) in [5.74, 6) is 0. The van der Waals surface area contributed by atoms with Crippen molar-refractivity contribution in [2.45, 2.75) is 6.92 Å². The molecule has 31 heavy (non-hydrogen) atoms. The lowest BCUT2D eigenvalue weighted by Gasteiger charge is -2.13. The van der Waals surface area contributed by atoms with E-state index < -0.39 is 4.92 Å². The van der Waals surface area contributed by atoms with E-state index in [4.69, 9.17) is 16.6 Å². The Hall–Kier alpha value is -3.97. The number of hydrogen-bond donors (Lipinski definition) is 2. The van der Waals surface area contributed by atoms with Gasteiger partial charge in [0.2, 0.25) is 0 Å². The Balaban J connectivity index is 1.83. The third-order valence-electron chi connectivity index (χ3n) is 5.23. The fourth-order valence-electron chi connectivity index (χ4n) is 3.67. The van der Waals surface area contributed by atoms with Crippen LogP contribution in [0, 0.1) is 17.0 Å². The molecule has 8 heteroatoms. The zero-order valence-electron chi connectivity index (χ0n) is 16.4. The van der Waals surface area contributed by atoms with E-state index in [9.17, 15) is 10.1 Å². The van der Waals surface area contributed by atoms with Crippen LogP contribution < -0.4 is 5.32 Å². The molecule has 1 aromatic heterocycles. The molecule has 0 bridgehead atoms. The largest absolute Gasteiger partial charge is 0.359 e. The van der Waals surface area contributed by atoms with E-state index in [1.54, 1.807) is 18.5 Å². The molecule has 0 fully saturated rings. The van der Waals surface area contributed by atoms with Crippen LogP contribution in [0.2, 0.25) is 5.02 Å². The molecule has 2 heterocycles. The standard InChI is InChI=1S/C23H16ClN5O2/c1-13-6-8-14(9-7-13)19-12-25-21-16(22(27-19)15-4-2-3-5-18(15)24)10-20(29(30)31)23-17(21)11-26-28-23/h2-12,25H,1H3,(H,26,28). The highest BCUT2D eigenvalue weighted by Crippen LogP contribution is 2.38. The van der Waals surface area contributed by atoms with Gasteiger partial charge in [-0.05, 0) is 13.0 Å². The van der Waals surface area contributed by atoms with Gasteiger partial charge in [0, 0.05) is 34.0 Å². The molecule has 1 aliphatic rings. The van der Waals surface area contributed by atoms with E-state index in [1.807, 2.05) is 49.4 Å². The molecule has 0 spiro atoms. The average Bonchev–Trinajstić information content (AvgIpc) is 3.17. The van der Waals surface area contributed by atoms with Gasteiger partial charge < -0.3 is 5.32 Å². The number of anilines is 1. The number of aryl methyl sites for hydroxylation is 1. The van der Waals surface area contributed by atoms with Crippen molar-refractivity contribution in [1.29, 1.82) is 0 Å². The molecule has 0 radical (unpaired) electrons. The number of rotatable bonds is 3. The molecule has 4 aromatic rings. The van der Waals surface area contributed by atoms with Gasteiger partial charge in [0.25, 0.3) is 5.69 Å². The number of nitrogens with one attached hydrogen (secondary N) is 2. The summed E-state index contributed by atoms with van der Waals surface area (Å²) >= 11 is 6.52. The summed E-state index contributed by atoms with van der Waals surface area (Å²) in [5.41, 5.74) is 5.49. The molecular formula is C23H16ClN5O2. The van der Waals surface area contributed by atoms with E-state index in [0.29, 0.717) is 44.1 Å². The summed E-state index contributed by atoms with van der Waals surface area (Å²) in [6, 6.07) is 16.8. The van der Waals surface area contributed by atoms with Gasteiger partial charge in [-0.25, -0.2) is 4.99 Å². The Morgan fingerprint density at radius 3 is 2.58 bits per heavy atom. The maximum atomic E-state index is 11.8. The Kier molecular flexibility index (Phi) is 4.52. The number of nitro groups is 1. The number of benzene rings is 3. The van der Waals surface area contributed by atoms with Crippen molar-refractivity contribution in [3.05, 3.63) is 104 Å². The van der Waals surface area contributed by atoms with E-state index in [0.717, 1.165) is 11.1 Å². The first kappa shape index (κ1) is 19.0. The van der Waals surface area contributed by atoms with Crippen molar-refractivity contribution in [1.82, 2.24) is 10.2 Å². The SMILES string of the molecule is Cc1ccc(C2=CNc3c(cc([N+](=O)[O-])c4[nH]ncc34)C(c3ccccc3Cl)=N2)cc1. The summed E-state index contributed by atoms with van der Waals surface area (Å²) in [6.07, 6.45) is 3.37. The zero-order valence-corrected chi connectivity index (χ0v) is 17.1. The van der Waals surface area contributed by atoms with Crippen LogP contribution in [0.3, 0.4) is 0 Å². The van der Waals surface area contributed by atoms with Crippen molar-refractivity contribution in [2.75, 3.05) is 5.32 Å². The minimum atomic E-state index is -0.426. The quantitative estimate of drug-likeness (QED) is 0.322. The minimum absolute atomic E-state index is 0.0772. The molecule has 152 valence electrons. The van der Waals surface area contributed by atoms with Crippen molar-refractivity contribution in [3.63, 3.8) is 0 Å². The molecule has 0 amide bonds. The van der Waals surface area contributed by atoms with Gasteiger partial charge in [-0.15, -0.1) is 0 Å². The van der Waals surface area contributed by atoms with Crippen LogP contribution in [0.15, 0.2) is 72.0 Å². The number of halogens is 1. The normalized spacial score (nSPS) is 13.1. The molecule has 0 atom stereocenters. The second kappa shape index (κ2) is 7.37. The number of fused-ring (bicyclic) bond motifs is 3. The number of non-ortho nitro benzene ring substituents is 1. The maximum absolute atomic E-state index is 11.8. The van der Waals surface area contributed by atoms with E-state index in [-0.39, 0.29) is 5.69 Å². The summed E-state index contributed by atoms with van der Waals surface area (Å²) in [4.78, 5) is 16.3. The molecule has 1 aliphatic heterocycles. The molecule has 7 nitrogen and oxygen atoms in total. The van der Waals surface area contributed by atoms with Crippen LogP contribution in [0.1, 0.15) is 22.3 Å². The van der Waals surface area contributed by atoms with Crippen molar-refractivity contribution in [3.8, 4) is 0 Å². The van der Waals surface area contributed by atoms with Gasteiger partial charge in [-0.3, -0.25) is 15.2 Å². The fraction of sp³-hybridized carbons (Fsp3) is 0.0435. The molecule has 5 rings (SSSR count). The number of H-pyrrole nitrogens is 1. The summed E-state index contributed by atoms with van der Waals surface area (Å²) in [5, 5.41) is 22.9. The number of nitrogens with zero attached hydrogens (tertiary/aromatic N) is 3. The summed E-state index contributed by atoms with van der Waals surface area (Å²) < 4.78 is 0. The highest BCUT2D eigenvalue weighted by Gasteiger charge is 2.26. The van der Waals surface area contributed by atoms with Crippen LogP contribution in [0.25, 0.3) is 16.6 Å². The van der Waals surface area contributed by atoms with Gasteiger partial charge >= 0.3 is 0 Å². The Morgan fingerprint density at radius 2 is 1.84 bits per heavy atom. The number of aliphatic imine (C=N–C) groups is 1. The predicted octanol–water partition coefficient (Wildman–Crippen LogP) is 5.69. The molecular weight excluding hydrogens is 414 g/mol. The van der Waals surface area contributed by atoms with Crippen LogP contribution in [0.4, 0.5) is 11.4 Å². The molecule has 3 aromatic carbocycles. The van der Waals surface area contributed by atoms with Gasteiger partial charge in [0.1, 0.15) is 5.52 Å². The first-order chi connectivity index (χ1) is 15.0. The van der Waals surface area contributed by atoms with E-state index in [2.05, 4.69) is 15.5 Å². The van der Waals surface area contributed by atoms with Gasteiger partial charge in [-0.2, -0.15) is 5.10 Å². The highest BCUT2D eigenvalue weighted by molar-refractivity contribution is 6.36. The third-order valence-corrected chi connectivity index (χ3v) is 5.56. The van der Waals surface area contributed by atoms with Crippen LogP contribution in [-0.2, 0) is 0 Å². The highest BCUT2D eigenvalue weighted by atomic mass is 35.5. The average molecular weight is 430 g/mol. The first-order valence-corrected chi connectivity index (χ1v) is 9.93. The Labute approximate surface area is 182 Å². The van der Waals surface area contributed by atoms with Gasteiger partial charge in [0.05, 0.1) is 33.6 Å². The fourth-order valence-corrected chi connectivity index (χ4v) is 3.89. The minimum Gasteiger partial charge on any atom is -0.359 e. The Bertz CT molecular complexity index is 1400. The zero-order chi connectivity index (χ0) is 21.5. The predicted molar refractivity (Wildman–Crippen MR) is 123 cm³/mol. The van der Waals surface area contributed by atoms with E-state index in [1.165, 1.54) is 6.07 Å². The second-order valence-corrected chi connectivity index (χ2v) is 7.62. The maximum Gasteiger partial charge on any atom is 0.295 e. The van der Waals surface area contributed by atoms with Gasteiger partial charge in [0.15, 0.2) is 0 Å². The second-order valence-electron chi connectivity index (χ2n) is 7.21. The molecule has 0 unspecified atom stereocenters. The van der Waals surface area contributed by atoms with Crippen LogP contribution in [0.5, 0.6) is 0 Å². The number of aromatic nitrogens is 2. The monoisotopic (exact) mass is 429 g/mol. The first-order valence-electron chi connectivity index (χ1n) is 9.55. The molecule has 0 saturated carbocycles. The van der Waals surface area contributed by atoms with Crippen molar-refractivity contribution >= 4 is 45.3 Å². The topological polar surface area (TPSA) is 96.2 Å². The van der Waals surface area contributed by atoms with Gasteiger partial charge in [-0.1, -0.05) is 59.6 Å². The number of hydrogen-bond acceptors (Lipinski definition) is 5. The number of nitro benzene ring substituents is 1. The molecule has 0 aliphatic carbocycles. The lowest BCUT2D eigenvalue weighted by molar-refractivity contribution is -0.383.